The SMILES string of the molecule is O=C(NC(=S)NNC(=O)c1sc2ccccc2c1Cl)c1ccc(Cl)cc1. The molecule has 5 nitrogen and oxygen atoms in total. The van der Waals surface area contributed by atoms with Crippen LogP contribution in [0, 0.1) is 0 Å². The number of hydrogen-bond acceptors (Lipinski definition) is 4. The molecule has 2 aromatic carbocycles. The number of thiocarbonyl (C=S) groups is 1. The molecule has 0 radical (unpaired) electrons. The van der Waals surface area contributed by atoms with Crippen LogP contribution in [-0.2, 0) is 0 Å². The normalized spacial score (nSPS) is 10.4. The third-order valence-electron chi connectivity index (χ3n) is 3.36. The molecule has 9 heteroatoms. The zero-order valence-electron chi connectivity index (χ0n) is 13.0. The average Bonchev–Trinajstić information content (AvgIpc) is 2.97. The van der Waals surface area contributed by atoms with E-state index in [1.54, 1.807) is 24.3 Å². The predicted octanol–water partition coefficient (Wildman–Crippen LogP) is 4.16. The summed E-state index contributed by atoms with van der Waals surface area (Å²) < 4.78 is 0.904. The monoisotopic (exact) mass is 423 g/mol. The first-order valence-electron chi connectivity index (χ1n) is 7.30. The molecule has 0 spiro atoms. The van der Waals surface area contributed by atoms with Crippen LogP contribution < -0.4 is 16.2 Å². The van der Waals surface area contributed by atoms with Gasteiger partial charge in [-0.15, -0.1) is 11.3 Å². The Hall–Kier alpha value is -2.19. The Labute approximate surface area is 168 Å². The molecule has 0 atom stereocenters. The van der Waals surface area contributed by atoms with Gasteiger partial charge in [0.25, 0.3) is 11.8 Å². The molecular formula is C17H11Cl2N3O2S2. The van der Waals surface area contributed by atoms with E-state index in [1.165, 1.54) is 11.3 Å². The summed E-state index contributed by atoms with van der Waals surface area (Å²) in [6.07, 6.45) is 0. The van der Waals surface area contributed by atoms with Gasteiger partial charge in [0, 0.05) is 20.7 Å². The number of thiophene rings is 1. The van der Waals surface area contributed by atoms with Crippen molar-refractivity contribution < 1.29 is 9.59 Å². The van der Waals surface area contributed by atoms with Crippen LogP contribution in [0.5, 0.6) is 0 Å². The molecule has 0 aliphatic rings. The van der Waals surface area contributed by atoms with Crippen molar-refractivity contribution in [3.05, 3.63) is 69.0 Å². The largest absolute Gasteiger partial charge is 0.298 e. The Balaban J connectivity index is 1.60. The number of amides is 2. The van der Waals surface area contributed by atoms with Gasteiger partial charge in [0.05, 0.1) is 5.02 Å². The molecular weight excluding hydrogens is 413 g/mol. The molecule has 0 unspecified atom stereocenters. The number of carbonyl (C=O) groups is 2. The lowest BCUT2D eigenvalue weighted by atomic mass is 10.2. The Morgan fingerprint density at radius 1 is 0.923 bits per heavy atom. The van der Waals surface area contributed by atoms with Gasteiger partial charge in [-0.2, -0.15) is 0 Å². The summed E-state index contributed by atoms with van der Waals surface area (Å²) in [4.78, 5) is 24.7. The third-order valence-corrected chi connectivity index (χ3v) is 5.49. The summed E-state index contributed by atoms with van der Waals surface area (Å²) in [7, 11) is 0. The molecule has 132 valence electrons. The summed E-state index contributed by atoms with van der Waals surface area (Å²) in [5.74, 6) is -0.868. The second-order valence-electron chi connectivity index (χ2n) is 5.11. The lowest BCUT2D eigenvalue weighted by molar-refractivity contribution is 0.0938. The first-order valence-corrected chi connectivity index (χ1v) is 9.28. The molecule has 2 amide bonds. The molecule has 3 aromatic rings. The molecule has 0 aliphatic heterocycles. The fourth-order valence-corrected chi connectivity index (χ4v) is 3.82. The van der Waals surface area contributed by atoms with Crippen LogP contribution in [0.2, 0.25) is 10.0 Å². The highest BCUT2D eigenvalue weighted by Gasteiger charge is 2.17. The maximum Gasteiger partial charge on any atom is 0.281 e. The minimum atomic E-state index is -0.445. The molecule has 26 heavy (non-hydrogen) atoms. The van der Waals surface area contributed by atoms with E-state index < -0.39 is 11.8 Å². The number of nitrogens with one attached hydrogen (secondary N) is 3. The van der Waals surface area contributed by atoms with E-state index in [4.69, 9.17) is 35.4 Å². The number of fused-ring (bicyclic) bond motifs is 1. The van der Waals surface area contributed by atoms with E-state index >= 15 is 0 Å². The molecule has 3 N–H and O–H groups in total. The first kappa shape index (κ1) is 18.6. The fourth-order valence-electron chi connectivity index (χ4n) is 2.14. The Morgan fingerprint density at radius 3 is 2.31 bits per heavy atom. The Kier molecular flexibility index (Phi) is 5.73. The summed E-state index contributed by atoms with van der Waals surface area (Å²) in [5.41, 5.74) is 5.30. The summed E-state index contributed by atoms with van der Waals surface area (Å²) in [5, 5.41) is 4.12. The molecule has 0 fully saturated rings. The van der Waals surface area contributed by atoms with Crippen molar-refractivity contribution in [1.29, 1.82) is 0 Å². The number of rotatable bonds is 2. The van der Waals surface area contributed by atoms with Crippen LogP contribution in [0.4, 0.5) is 0 Å². The smallest absolute Gasteiger partial charge is 0.281 e. The summed E-state index contributed by atoms with van der Waals surface area (Å²) >= 11 is 18.3. The van der Waals surface area contributed by atoms with E-state index in [2.05, 4.69) is 16.2 Å². The van der Waals surface area contributed by atoms with Gasteiger partial charge in [-0.3, -0.25) is 25.8 Å². The van der Waals surface area contributed by atoms with Gasteiger partial charge in [0.2, 0.25) is 0 Å². The summed E-state index contributed by atoms with van der Waals surface area (Å²) in [6.45, 7) is 0. The van der Waals surface area contributed by atoms with Gasteiger partial charge in [-0.1, -0.05) is 41.4 Å². The van der Waals surface area contributed by atoms with Gasteiger partial charge in [-0.05, 0) is 42.5 Å². The molecule has 0 aliphatic carbocycles. The van der Waals surface area contributed by atoms with Gasteiger partial charge >= 0.3 is 0 Å². The standard InChI is InChI=1S/C17H11Cl2N3O2S2/c18-10-7-5-9(6-8-10)15(23)20-17(25)22-21-16(24)14-13(19)11-3-1-2-4-12(11)26-14/h1-8H,(H,21,24)(H2,20,22,23,25). The number of hydrazine groups is 1. The minimum Gasteiger partial charge on any atom is -0.298 e. The highest BCUT2D eigenvalue weighted by molar-refractivity contribution is 7.80. The van der Waals surface area contributed by atoms with E-state index in [-0.39, 0.29) is 5.11 Å². The average molecular weight is 424 g/mol. The quantitative estimate of drug-likeness (QED) is 0.427. The lowest BCUT2D eigenvalue weighted by Crippen LogP contribution is -2.48. The minimum absolute atomic E-state index is 0.0458. The van der Waals surface area contributed by atoms with Crippen LogP contribution in [-0.4, -0.2) is 16.9 Å². The number of hydrogen-bond donors (Lipinski definition) is 3. The van der Waals surface area contributed by atoms with Crippen molar-refractivity contribution in [2.24, 2.45) is 0 Å². The van der Waals surface area contributed by atoms with E-state index in [0.717, 1.165) is 10.1 Å². The topological polar surface area (TPSA) is 70.2 Å². The van der Waals surface area contributed by atoms with Crippen LogP contribution >= 0.6 is 46.8 Å². The van der Waals surface area contributed by atoms with E-state index in [9.17, 15) is 9.59 Å². The second kappa shape index (κ2) is 8.01. The highest BCUT2D eigenvalue weighted by Crippen LogP contribution is 2.34. The van der Waals surface area contributed by atoms with E-state index in [1.807, 2.05) is 24.3 Å². The molecule has 0 saturated carbocycles. The van der Waals surface area contributed by atoms with Crippen LogP contribution in [0.25, 0.3) is 10.1 Å². The highest BCUT2D eigenvalue weighted by atomic mass is 35.5. The van der Waals surface area contributed by atoms with Crippen molar-refractivity contribution in [1.82, 2.24) is 16.2 Å². The van der Waals surface area contributed by atoms with Crippen molar-refractivity contribution in [3.63, 3.8) is 0 Å². The summed E-state index contributed by atoms with van der Waals surface area (Å²) in [6, 6.07) is 13.8. The van der Waals surface area contributed by atoms with Crippen LogP contribution in [0.3, 0.4) is 0 Å². The van der Waals surface area contributed by atoms with Crippen molar-refractivity contribution in [2.45, 2.75) is 0 Å². The van der Waals surface area contributed by atoms with Gasteiger partial charge < -0.3 is 0 Å². The van der Waals surface area contributed by atoms with Crippen molar-refractivity contribution in [2.75, 3.05) is 0 Å². The molecule has 1 aromatic heterocycles. The van der Waals surface area contributed by atoms with Crippen molar-refractivity contribution >= 4 is 73.8 Å². The molecule has 3 rings (SSSR count). The van der Waals surface area contributed by atoms with Crippen molar-refractivity contribution in [3.8, 4) is 0 Å². The van der Waals surface area contributed by atoms with E-state index in [0.29, 0.717) is 20.5 Å². The zero-order valence-corrected chi connectivity index (χ0v) is 16.2. The maximum absolute atomic E-state index is 12.3. The molecule has 1 heterocycles. The number of benzene rings is 2. The molecule has 0 saturated heterocycles. The third kappa shape index (κ3) is 4.13. The molecule has 0 bridgehead atoms. The first-order chi connectivity index (χ1) is 12.5. The van der Waals surface area contributed by atoms with Gasteiger partial charge in [-0.25, -0.2) is 0 Å². The fraction of sp³-hybridized carbons (Fsp3) is 0. The van der Waals surface area contributed by atoms with Gasteiger partial charge in [0.15, 0.2) is 5.11 Å². The zero-order chi connectivity index (χ0) is 18.7. The maximum atomic E-state index is 12.3. The number of carbonyl (C=O) groups excluding carboxylic acids is 2. The predicted molar refractivity (Wildman–Crippen MR) is 109 cm³/mol. The van der Waals surface area contributed by atoms with Crippen LogP contribution in [0.15, 0.2) is 48.5 Å². The number of halogens is 2. The Bertz CT molecular complexity index is 1000. The second-order valence-corrected chi connectivity index (χ2v) is 7.39. The van der Waals surface area contributed by atoms with Crippen LogP contribution in [0.1, 0.15) is 20.0 Å². The lowest BCUT2D eigenvalue weighted by Gasteiger charge is -2.10. The Morgan fingerprint density at radius 2 is 1.62 bits per heavy atom. The van der Waals surface area contributed by atoms with Gasteiger partial charge in [0.1, 0.15) is 4.88 Å².